The summed E-state index contributed by atoms with van der Waals surface area (Å²) in [5.41, 5.74) is 6.54. The van der Waals surface area contributed by atoms with Crippen molar-refractivity contribution < 1.29 is 4.79 Å². The molecule has 94 valence electrons. The van der Waals surface area contributed by atoms with E-state index in [1.807, 2.05) is 18.2 Å². The molecule has 0 heterocycles. The number of nitrogens with two attached hydrogens (primary N) is 1. The van der Waals surface area contributed by atoms with Gasteiger partial charge in [-0.3, -0.25) is 4.79 Å². The fourth-order valence-electron chi connectivity index (χ4n) is 1.37. The van der Waals surface area contributed by atoms with Gasteiger partial charge in [-0.1, -0.05) is 35.7 Å². The smallest absolute Gasteiger partial charge is 0.241 e. The van der Waals surface area contributed by atoms with Gasteiger partial charge in [-0.05, 0) is 40.5 Å². The zero-order chi connectivity index (χ0) is 12.8. The second-order valence-corrected chi connectivity index (χ2v) is 5.63. The summed E-state index contributed by atoms with van der Waals surface area (Å²) in [5.74, 6) is -0.138. The van der Waals surface area contributed by atoms with Crippen LogP contribution in [-0.4, -0.2) is 11.9 Å². The molecule has 0 radical (unpaired) electrons. The highest BCUT2D eigenvalue weighted by Crippen LogP contribution is 2.26. The summed E-state index contributed by atoms with van der Waals surface area (Å²) in [7, 11) is 0. The highest BCUT2D eigenvalue weighted by atomic mass is 79.9. The Morgan fingerprint density at radius 1 is 1.47 bits per heavy atom. The molecule has 0 aliphatic carbocycles. The Morgan fingerprint density at radius 2 is 2.18 bits per heavy atom. The molecule has 5 heteroatoms. The number of anilines is 1. The third-order valence-corrected chi connectivity index (χ3v) is 3.54. The van der Waals surface area contributed by atoms with Crippen LogP contribution in [0.15, 0.2) is 27.1 Å². The van der Waals surface area contributed by atoms with Gasteiger partial charge in [-0.2, -0.15) is 0 Å². The lowest BCUT2D eigenvalue weighted by Gasteiger charge is -2.13. The lowest BCUT2D eigenvalue weighted by molar-refractivity contribution is -0.117. The number of nitrogens with one attached hydrogen (secondary N) is 1. The van der Waals surface area contributed by atoms with Gasteiger partial charge in [-0.25, -0.2) is 0 Å². The summed E-state index contributed by atoms with van der Waals surface area (Å²) >= 11 is 6.75. The van der Waals surface area contributed by atoms with Gasteiger partial charge < -0.3 is 11.1 Å². The minimum Gasteiger partial charge on any atom is -0.324 e. The van der Waals surface area contributed by atoms with Gasteiger partial charge in [-0.15, -0.1) is 0 Å². The maximum Gasteiger partial charge on any atom is 0.241 e. The summed E-state index contributed by atoms with van der Waals surface area (Å²) in [4.78, 5) is 11.8. The van der Waals surface area contributed by atoms with Crippen LogP contribution in [-0.2, 0) is 4.79 Å². The molecule has 17 heavy (non-hydrogen) atoms. The fourth-order valence-corrected chi connectivity index (χ4v) is 2.52. The first-order valence-corrected chi connectivity index (χ1v) is 7.14. The molecule has 1 rings (SSSR count). The largest absolute Gasteiger partial charge is 0.324 e. The number of halogens is 2. The Morgan fingerprint density at radius 3 is 2.76 bits per heavy atom. The molecule has 0 bridgehead atoms. The van der Waals surface area contributed by atoms with Crippen molar-refractivity contribution in [3.63, 3.8) is 0 Å². The van der Waals surface area contributed by atoms with Crippen LogP contribution in [0.3, 0.4) is 0 Å². The Labute approximate surface area is 118 Å². The summed E-state index contributed by atoms with van der Waals surface area (Å²) in [5, 5.41) is 2.81. The zero-order valence-corrected chi connectivity index (χ0v) is 12.8. The Kier molecular flexibility index (Phi) is 6.16. The molecule has 3 N–H and O–H groups in total. The monoisotopic (exact) mass is 362 g/mol. The Bertz CT molecular complexity index is 396. The van der Waals surface area contributed by atoms with E-state index in [9.17, 15) is 4.79 Å². The first kappa shape index (κ1) is 14.7. The predicted molar refractivity (Wildman–Crippen MR) is 78.0 cm³/mol. The van der Waals surface area contributed by atoms with Crippen molar-refractivity contribution in [2.75, 3.05) is 5.32 Å². The highest BCUT2D eigenvalue weighted by molar-refractivity contribution is 9.11. The van der Waals surface area contributed by atoms with Gasteiger partial charge in [0.2, 0.25) is 5.91 Å². The second kappa shape index (κ2) is 7.13. The van der Waals surface area contributed by atoms with Crippen LogP contribution in [0.4, 0.5) is 5.69 Å². The van der Waals surface area contributed by atoms with Crippen LogP contribution in [0.25, 0.3) is 0 Å². The van der Waals surface area contributed by atoms with Crippen molar-refractivity contribution in [1.82, 2.24) is 0 Å². The van der Waals surface area contributed by atoms with E-state index in [1.54, 1.807) is 0 Å². The molecule has 1 aromatic carbocycles. The number of amides is 1. The molecular weight excluding hydrogens is 348 g/mol. The van der Waals surface area contributed by atoms with E-state index in [-0.39, 0.29) is 5.91 Å². The third kappa shape index (κ3) is 4.77. The average Bonchev–Trinajstić information content (AvgIpc) is 2.29. The van der Waals surface area contributed by atoms with Gasteiger partial charge in [0.25, 0.3) is 0 Å². The number of carbonyl (C=O) groups excluding carboxylic acids is 1. The minimum absolute atomic E-state index is 0.138. The van der Waals surface area contributed by atoms with Crippen LogP contribution in [0, 0.1) is 0 Å². The number of hydrogen-bond acceptors (Lipinski definition) is 2. The summed E-state index contributed by atoms with van der Waals surface area (Å²) in [6, 6.07) is 5.15. The van der Waals surface area contributed by atoms with Gasteiger partial charge in [0.1, 0.15) is 0 Å². The van der Waals surface area contributed by atoms with Crippen LogP contribution >= 0.6 is 31.9 Å². The van der Waals surface area contributed by atoms with E-state index in [1.165, 1.54) is 0 Å². The first-order valence-electron chi connectivity index (χ1n) is 5.56. The van der Waals surface area contributed by atoms with E-state index in [0.29, 0.717) is 0 Å². The van der Waals surface area contributed by atoms with E-state index in [4.69, 9.17) is 5.73 Å². The second-order valence-electron chi connectivity index (χ2n) is 3.86. The number of hydrogen-bond donors (Lipinski definition) is 2. The molecule has 0 saturated carbocycles. The van der Waals surface area contributed by atoms with Gasteiger partial charge >= 0.3 is 0 Å². The normalized spacial score (nSPS) is 12.2. The molecule has 1 unspecified atom stereocenters. The quantitative estimate of drug-likeness (QED) is 0.838. The van der Waals surface area contributed by atoms with Crippen molar-refractivity contribution in [2.45, 2.75) is 32.2 Å². The molecule has 3 nitrogen and oxygen atoms in total. The van der Waals surface area contributed by atoms with E-state index in [0.717, 1.165) is 33.9 Å². The van der Waals surface area contributed by atoms with Crippen LogP contribution in [0.1, 0.15) is 26.2 Å². The molecule has 0 aliphatic rings. The Hall–Kier alpha value is -0.390. The maximum atomic E-state index is 11.8. The summed E-state index contributed by atoms with van der Waals surface area (Å²) in [6.07, 6.45) is 2.73. The SMILES string of the molecule is CCCCC(N)C(=O)Nc1ccc(Br)cc1Br. The molecule has 0 saturated heterocycles. The van der Waals surface area contributed by atoms with Crippen LogP contribution in [0.2, 0.25) is 0 Å². The molecule has 1 aromatic rings. The highest BCUT2D eigenvalue weighted by Gasteiger charge is 2.13. The lowest BCUT2D eigenvalue weighted by atomic mass is 10.1. The van der Waals surface area contributed by atoms with Crippen molar-refractivity contribution in [3.8, 4) is 0 Å². The number of unbranched alkanes of at least 4 members (excludes halogenated alkanes) is 1. The van der Waals surface area contributed by atoms with Crippen molar-refractivity contribution >= 4 is 43.5 Å². The summed E-state index contributed by atoms with van der Waals surface area (Å²) in [6.45, 7) is 2.08. The molecule has 1 atom stereocenters. The first-order chi connectivity index (χ1) is 8.04. The average molecular weight is 364 g/mol. The van der Waals surface area contributed by atoms with E-state index in [2.05, 4.69) is 44.1 Å². The molecule has 0 spiro atoms. The van der Waals surface area contributed by atoms with Crippen molar-refractivity contribution in [1.29, 1.82) is 0 Å². The molecule has 0 aliphatic heterocycles. The molecular formula is C12H16Br2N2O. The van der Waals surface area contributed by atoms with E-state index < -0.39 is 6.04 Å². The third-order valence-electron chi connectivity index (χ3n) is 2.39. The van der Waals surface area contributed by atoms with Gasteiger partial charge in [0, 0.05) is 8.95 Å². The fraction of sp³-hybridized carbons (Fsp3) is 0.417. The van der Waals surface area contributed by atoms with Crippen LogP contribution in [0.5, 0.6) is 0 Å². The topological polar surface area (TPSA) is 55.1 Å². The number of benzene rings is 1. The standard InChI is InChI=1S/C12H16Br2N2O/c1-2-3-4-10(15)12(17)16-11-6-5-8(13)7-9(11)14/h5-7,10H,2-4,15H2,1H3,(H,16,17). The summed E-state index contributed by atoms with van der Waals surface area (Å²) < 4.78 is 1.79. The van der Waals surface area contributed by atoms with Crippen molar-refractivity contribution in [2.24, 2.45) is 5.73 Å². The number of rotatable bonds is 5. The molecule has 1 amide bonds. The zero-order valence-electron chi connectivity index (χ0n) is 9.67. The molecule has 0 aromatic heterocycles. The minimum atomic E-state index is -0.439. The predicted octanol–water partition coefficient (Wildman–Crippen LogP) is 3.67. The van der Waals surface area contributed by atoms with Gasteiger partial charge in [0.05, 0.1) is 11.7 Å². The lowest BCUT2D eigenvalue weighted by Crippen LogP contribution is -2.35. The van der Waals surface area contributed by atoms with Crippen LogP contribution < -0.4 is 11.1 Å². The van der Waals surface area contributed by atoms with E-state index >= 15 is 0 Å². The van der Waals surface area contributed by atoms with Gasteiger partial charge in [0.15, 0.2) is 0 Å². The Balaban J connectivity index is 2.61. The number of carbonyl (C=O) groups is 1. The van der Waals surface area contributed by atoms with Crippen molar-refractivity contribution in [3.05, 3.63) is 27.1 Å². The molecule has 0 fully saturated rings. The maximum absolute atomic E-state index is 11.8.